The van der Waals surface area contributed by atoms with Gasteiger partial charge in [-0.25, -0.2) is 0 Å². The Morgan fingerprint density at radius 3 is 1.61 bits per heavy atom. The lowest BCUT2D eigenvalue weighted by atomic mass is 9.64. The number of hydrogen-bond acceptors (Lipinski definition) is 0. The van der Waals surface area contributed by atoms with Crippen LogP contribution in [0.2, 0.25) is 0 Å². The van der Waals surface area contributed by atoms with E-state index in [2.05, 4.69) is 181 Å². The predicted octanol–water partition coefficient (Wildman–Crippen LogP) is 14.5. The summed E-state index contributed by atoms with van der Waals surface area (Å²) in [5.41, 5.74) is 21.7. The highest BCUT2D eigenvalue weighted by Gasteiger charge is 2.48. The molecule has 0 heteroatoms. The fourth-order valence-electron chi connectivity index (χ4n) is 11.3. The number of benzene rings is 7. The topological polar surface area (TPSA) is 0 Å². The first-order valence-corrected chi connectivity index (χ1v) is 20.0. The molecular formula is C54H46. The Bertz CT molecular complexity index is 2800. The number of hydrogen-bond donors (Lipinski definition) is 0. The van der Waals surface area contributed by atoms with Crippen LogP contribution in [-0.4, -0.2) is 0 Å². The molecule has 0 N–H and O–H groups in total. The number of fused-ring (bicyclic) bond motifs is 12. The molecule has 11 rings (SSSR count). The fraction of sp³-hybridized carbons (Fsp3) is 0.222. The third-order valence-electron chi connectivity index (χ3n) is 14.4. The summed E-state index contributed by atoms with van der Waals surface area (Å²) in [5, 5.41) is 5.47. The van der Waals surface area contributed by atoms with Gasteiger partial charge in [-0.15, -0.1) is 0 Å². The van der Waals surface area contributed by atoms with Gasteiger partial charge in [-0.05, 0) is 159 Å². The van der Waals surface area contributed by atoms with E-state index < -0.39 is 0 Å². The van der Waals surface area contributed by atoms with E-state index in [0.717, 1.165) is 6.42 Å². The van der Waals surface area contributed by atoms with E-state index in [-0.39, 0.29) is 10.8 Å². The van der Waals surface area contributed by atoms with Gasteiger partial charge in [0.25, 0.3) is 0 Å². The SMILES string of the molecule is CC1C2=C(CC3C(=C2)c2c(cc(-c4ccccc4)c4ccccc24)C3(C)C)c2cc3c(cc2C1C)-c1c(cc(-c2ccccc2)c2ccccc12)C3(C)C. The number of rotatable bonds is 2. The molecule has 0 nitrogen and oxygen atoms in total. The summed E-state index contributed by atoms with van der Waals surface area (Å²) in [7, 11) is 0. The van der Waals surface area contributed by atoms with Crippen molar-refractivity contribution in [2.45, 2.75) is 64.7 Å². The molecule has 0 aromatic heterocycles. The Morgan fingerprint density at radius 1 is 0.481 bits per heavy atom. The highest BCUT2D eigenvalue weighted by atomic mass is 14.5. The van der Waals surface area contributed by atoms with Gasteiger partial charge in [-0.3, -0.25) is 0 Å². The minimum absolute atomic E-state index is 0.00128. The minimum Gasteiger partial charge on any atom is -0.0622 e. The zero-order chi connectivity index (χ0) is 36.7. The van der Waals surface area contributed by atoms with E-state index >= 15 is 0 Å². The molecule has 7 aromatic carbocycles. The molecule has 262 valence electrons. The highest BCUT2D eigenvalue weighted by molar-refractivity contribution is 6.10. The molecule has 0 radical (unpaired) electrons. The molecule has 0 fully saturated rings. The van der Waals surface area contributed by atoms with E-state index in [1.807, 2.05) is 0 Å². The van der Waals surface area contributed by atoms with Crippen LogP contribution in [0.3, 0.4) is 0 Å². The molecule has 4 aliphatic carbocycles. The van der Waals surface area contributed by atoms with Crippen molar-refractivity contribution in [3.8, 4) is 33.4 Å². The molecule has 0 heterocycles. The molecule has 3 unspecified atom stereocenters. The van der Waals surface area contributed by atoms with Gasteiger partial charge in [0.1, 0.15) is 0 Å². The molecule has 7 aromatic rings. The standard InChI is InChI=1S/C54H46/c1-31-32(2)40-26-46-48(54(5,6)50-28-42(34-19-11-8-12-20-34)36-22-14-16-24-38(36)52(46)50)30-44(40)43-29-47-45(25-39(31)43)51-37-23-15-13-21-35(37)41(27-49(51)53(47,3)4)33-17-9-7-10-18-33/h7-29,31-32,48H,30H2,1-6H3. The van der Waals surface area contributed by atoms with Crippen LogP contribution in [0, 0.1) is 11.8 Å². The van der Waals surface area contributed by atoms with Gasteiger partial charge < -0.3 is 0 Å². The normalized spacial score (nSPS) is 21.2. The minimum atomic E-state index is -0.119. The lowest BCUT2D eigenvalue weighted by Crippen LogP contribution is -2.28. The van der Waals surface area contributed by atoms with Crippen LogP contribution >= 0.6 is 0 Å². The molecular weight excluding hydrogens is 649 g/mol. The van der Waals surface area contributed by atoms with Gasteiger partial charge in [0.15, 0.2) is 0 Å². The molecule has 0 aliphatic heterocycles. The Balaban J connectivity index is 1.11. The molecule has 0 spiro atoms. The summed E-state index contributed by atoms with van der Waals surface area (Å²) in [6.07, 6.45) is 3.75. The van der Waals surface area contributed by atoms with Crippen molar-refractivity contribution >= 4 is 32.7 Å². The summed E-state index contributed by atoms with van der Waals surface area (Å²) in [5.74, 6) is 1.28. The Morgan fingerprint density at radius 2 is 1.00 bits per heavy atom. The van der Waals surface area contributed by atoms with E-state index in [1.54, 1.807) is 16.7 Å². The van der Waals surface area contributed by atoms with Crippen LogP contribution in [0.25, 0.3) is 66.1 Å². The van der Waals surface area contributed by atoms with Gasteiger partial charge in [0.05, 0.1) is 0 Å². The molecule has 0 saturated heterocycles. The second-order valence-corrected chi connectivity index (χ2v) is 17.7. The van der Waals surface area contributed by atoms with Crippen molar-refractivity contribution in [3.05, 3.63) is 178 Å². The van der Waals surface area contributed by atoms with Crippen molar-refractivity contribution in [1.29, 1.82) is 0 Å². The zero-order valence-corrected chi connectivity index (χ0v) is 32.2. The first kappa shape index (κ1) is 32.0. The molecule has 3 atom stereocenters. The van der Waals surface area contributed by atoms with E-state index in [1.165, 1.54) is 88.3 Å². The van der Waals surface area contributed by atoms with Gasteiger partial charge in [0, 0.05) is 5.41 Å². The monoisotopic (exact) mass is 694 g/mol. The van der Waals surface area contributed by atoms with E-state index in [0.29, 0.717) is 17.8 Å². The third-order valence-corrected chi connectivity index (χ3v) is 14.4. The summed E-state index contributed by atoms with van der Waals surface area (Å²) in [4.78, 5) is 0. The maximum Gasteiger partial charge on any atom is 0.0159 e. The molecule has 0 amide bonds. The number of allylic oxidation sites excluding steroid dienone is 4. The third kappa shape index (κ3) is 4.15. The maximum absolute atomic E-state index is 2.67. The lowest BCUT2D eigenvalue weighted by Gasteiger charge is -2.40. The van der Waals surface area contributed by atoms with E-state index in [4.69, 9.17) is 0 Å². The first-order valence-electron chi connectivity index (χ1n) is 20.0. The van der Waals surface area contributed by atoms with Gasteiger partial charge in [-0.1, -0.05) is 157 Å². The maximum atomic E-state index is 2.67. The van der Waals surface area contributed by atoms with Crippen LogP contribution < -0.4 is 0 Å². The van der Waals surface area contributed by atoms with Crippen LogP contribution in [0.4, 0.5) is 0 Å². The summed E-state index contributed by atoms with van der Waals surface area (Å²) >= 11 is 0. The van der Waals surface area contributed by atoms with Gasteiger partial charge >= 0.3 is 0 Å². The lowest BCUT2D eigenvalue weighted by molar-refractivity contribution is 0.414. The Kier molecular flexibility index (Phi) is 6.55. The largest absolute Gasteiger partial charge is 0.0622 e. The van der Waals surface area contributed by atoms with E-state index in [9.17, 15) is 0 Å². The predicted molar refractivity (Wildman–Crippen MR) is 230 cm³/mol. The van der Waals surface area contributed by atoms with Crippen molar-refractivity contribution in [2.75, 3.05) is 0 Å². The van der Waals surface area contributed by atoms with Crippen LogP contribution in [0.5, 0.6) is 0 Å². The smallest absolute Gasteiger partial charge is 0.0159 e. The first-order chi connectivity index (χ1) is 26.1. The fourth-order valence-corrected chi connectivity index (χ4v) is 11.3. The van der Waals surface area contributed by atoms with Crippen molar-refractivity contribution < 1.29 is 0 Å². The average Bonchev–Trinajstić information content (AvgIpc) is 3.57. The summed E-state index contributed by atoms with van der Waals surface area (Å²) in [6, 6.07) is 50.6. The Labute approximate surface area is 319 Å². The second-order valence-electron chi connectivity index (χ2n) is 17.7. The van der Waals surface area contributed by atoms with Gasteiger partial charge in [-0.2, -0.15) is 0 Å². The van der Waals surface area contributed by atoms with Crippen molar-refractivity contribution in [2.24, 2.45) is 11.8 Å². The summed E-state index contributed by atoms with van der Waals surface area (Å²) in [6.45, 7) is 14.9. The van der Waals surface area contributed by atoms with Crippen LogP contribution in [-0.2, 0) is 10.8 Å². The van der Waals surface area contributed by atoms with Crippen LogP contribution in [0.1, 0.15) is 87.3 Å². The molecule has 54 heavy (non-hydrogen) atoms. The molecule has 4 aliphatic rings. The second kappa shape index (κ2) is 11.0. The van der Waals surface area contributed by atoms with Crippen LogP contribution in [0.15, 0.2) is 145 Å². The average molecular weight is 695 g/mol. The Hall–Kier alpha value is -5.46. The highest BCUT2D eigenvalue weighted by Crippen LogP contribution is 2.62. The van der Waals surface area contributed by atoms with Gasteiger partial charge in [0.2, 0.25) is 0 Å². The van der Waals surface area contributed by atoms with Crippen molar-refractivity contribution in [3.63, 3.8) is 0 Å². The quantitative estimate of drug-likeness (QED) is 0.169. The molecule has 0 bridgehead atoms. The summed E-state index contributed by atoms with van der Waals surface area (Å²) < 4.78 is 0. The van der Waals surface area contributed by atoms with Crippen molar-refractivity contribution in [1.82, 2.24) is 0 Å². The zero-order valence-electron chi connectivity index (χ0n) is 32.2. The molecule has 0 saturated carbocycles.